The normalized spacial score (nSPS) is 13.4. The number of imide groups is 1. The summed E-state index contributed by atoms with van der Waals surface area (Å²) in [6, 6.07) is 4.42. The number of hydrogen-bond donors (Lipinski definition) is 1. The third-order valence-electron chi connectivity index (χ3n) is 1.88. The Balaban J connectivity index is 2.61. The van der Waals surface area contributed by atoms with Gasteiger partial charge in [0, 0.05) is 0 Å². The Labute approximate surface area is 78.7 Å². The Hall–Kier alpha value is -2.17. The molecule has 1 N–H and O–H groups in total. The molecule has 0 saturated heterocycles. The molecule has 0 atom stereocenters. The SMILES string of the molecule is O=[C]Oc1cccc2c1C(=O)NC2=O. The predicted molar refractivity (Wildman–Crippen MR) is 44.6 cm³/mol. The molecule has 14 heavy (non-hydrogen) atoms. The van der Waals surface area contributed by atoms with Gasteiger partial charge < -0.3 is 4.74 Å². The number of rotatable bonds is 2. The molecule has 1 aliphatic heterocycles. The van der Waals surface area contributed by atoms with Crippen molar-refractivity contribution in [2.45, 2.75) is 0 Å². The summed E-state index contributed by atoms with van der Waals surface area (Å²) in [4.78, 5) is 32.4. The number of fused-ring (bicyclic) bond motifs is 1. The molecule has 2 rings (SSSR count). The zero-order valence-electron chi connectivity index (χ0n) is 6.87. The Morgan fingerprint density at radius 1 is 1.21 bits per heavy atom. The van der Waals surface area contributed by atoms with E-state index in [9.17, 15) is 14.4 Å². The summed E-state index contributed by atoms with van der Waals surface area (Å²) < 4.78 is 4.45. The summed E-state index contributed by atoms with van der Waals surface area (Å²) in [6.07, 6.45) is 0. The molecule has 0 saturated carbocycles. The van der Waals surface area contributed by atoms with Crippen molar-refractivity contribution in [3.8, 4) is 5.75 Å². The molecule has 0 fully saturated rings. The fourth-order valence-electron chi connectivity index (χ4n) is 1.32. The number of hydrogen-bond acceptors (Lipinski definition) is 4. The fraction of sp³-hybridized carbons (Fsp3) is 0. The van der Waals surface area contributed by atoms with Crippen LogP contribution in [0.2, 0.25) is 0 Å². The van der Waals surface area contributed by atoms with E-state index in [1.54, 1.807) is 0 Å². The third kappa shape index (κ3) is 1.06. The van der Waals surface area contributed by atoms with Crippen molar-refractivity contribution < 1.29 is 19.1 Å². The highest BCUT2D eigenvalue weighted by Gasteiger charge is 2.30. The van der Waals surface area contributed by atoms with Crippen molar-refractivity contribution in [1.29, 1.82) is 0 Å². The zero-order valence-corrected chi connectivity index (χ0v) is 6.87. The van der Waals surface area contributed by atoms with Crippen molar-refractivity contribution in [3.05, 3.63) is 29.3 Å². The zero-order chi connectivity index (χ0) is 10.1. The maximum absolute atomic E-state index is 11.2. The van der Waals surface area contributed by atoms with Crippen LogP contribution in [0.1, 0.15) is 20.7 Å². The monoisotopic (exact) mass is 190 g/mol. The lowest BCUT2D eigenvalue weighted by Gasteiger charge is -2.00. The highest BCUT2D eigenvalue weighted by molar-refractivity contribution is 6.22. The quantitative estimate of drug-likeness (QED) is 0.667. The van der Waals surface area contributed by atoms with Gasteiger partial charge in [0.05, 0.1) is 11.1 Å². The van der Waals surface area contributed by atoms with E-state index in [2.05, 4.69) is 10.1 Å². The molecule has 1 heterocycles. The number of carbonyl (C=O) groups is 2. The third-order valence-corrected chi connectivity index (χ3v) is 1.88. The van der Waals surface area contributed by atoms with Crippen LogP contribution < -0.4 is 10.1 Å². The summed E-state index contributed by atoms with van der Waals surface area (Å²) in [7, 11) is 0. The van der Waals surface area contributed by atoms with E-state index in [0.717, 1.165) is 0 Å². The van der Waals surface area contributed by atoms with E-state index in [-0.39, 0.29) is 16.9 Å². The summed E-state index contributed by atoms with van der Waals surface area (Å²) in [5, 5.41) is 2.09. The first-order chi connectivity index (χ1) is 6.74. The van der Waals surface area contributed by atoms with Crippen molar-refractivity contribution >= 4 is 18.3 Å². The van der Waals surface area contributed by atoms with Gasteiger partial charge in [0.15, 0.2) is 0 Å². The molecular formula is C9H4NO4. The molecule has 0 unspecified atom stereocenters. The fourth-order valence-corrected chi connectivity index (χ4v) is 1.32. The molecular weight excluding hydrogens is 186 g/mol. The van der Waals surface area contributed by atoms with Crippen LogP contribution in [0.4, 0.5) is 0 Å². The van der Waals surface area contributed by atoms with E-state index in [0.29, 0.717) is 0 Å². The van der Waals surface area contributed by atoms with Crippen molar-refractivity contribution in [3.63, 3.8) is 0 Å². The standard InChI is InChI=1S/C9H4NO4/c11-4-14-6-3-1-2-5-7(6)9(13)10-8(5)12/h1-3H,(H,10,12,13). The van der Waals surface area contributed by atoms with Crippen LogP contribution in [0.3, 0.4) is 0 Å². The van der Waals surface area contributed by atoms with E-state index in [4.69, 9.17) is 0 Å². The molecule has 1 radical (unpaired) electrons. The Morgan fingerprint density at radius 3 is 2.71 bits per heavy atom. The number of ether oxygens (including phenoxy) is 1. The van der Waals surface area contributed by atoms with Crippen LogP contribution in [-0.2, 0) is 4.79 Å². The largest absolute Gasteiger partial charge is 0.423 e. The molecule has 0 spiro atoms. The molecule has 0 aromatic heterocycles. The Kier molecular flexibility index (Phi) is 1.78. The van der Waals surface area contributed by atoms with E-state index < -0.39 is 11.8 Å². The van der Waals surface area contributed by atoms with Crippen LogP contribution in [0.5, 0.6) is 5.75 Å². The predicted octanol–water partition coefficient (Wildman–Crippen LogP) is 0.0162. The molecule has 1 aromatic carbocycles. The molecule has 0 bridgehead atoms. The average Bonchev–Trinajstić information content (AvgIpc) is 2.44. The van der Waals surface area contributed by atoms with Gasteiger partial charge in [-0.25, -0.2) is 4.79 Å². The number of benzene rings is 1. The van der Waals surface area contributed by atoms with Gasteiger partial charge in [-0.3, -0.25) is 14.9 Å². The average molecular weight is 190 g/mol. The second-order valence-electron chi connectivity index (χ2n) is 2.65. The molecule has 1 aromatic rings. The lowest BCUT2D eigenvalue weighted by Crippen LogP contribution is -2.20. The van der Waals surface area contributed by atoms with Crippen LogP contribution in [-0.4, -0.2) is 18.3 Å². The first-order valence-electron chi connectivity index (χ1n) is 3.76. The second kappa shape index (κ2) is 2.95. The van der Waals surface area contributed by atoms with Crippen LogP contribution in [0, 0.1) is 0 Å². The minimum absolute atomic E-state index is 0.0425. The van der Waals surface area contributed by atoms with Gasteiger partial charge in [0.1, 0.15) is 5.75 Å². The van der Waals surface area contributed by atoms with Crippen molar-refractivity contribution in [2.24, 2.45) is 0 Å². The number of nitrogens with one attached hydrogen (secondary N) is 1. The summed E-state index contributed by atoms with van der Waals surface area (Å²) in [5.74, 6) is -1.00. The van der Waals surface area contributed by atoms with Gasteiger partial charge in [-0.1, -0.05) is 6.07 Å². The molecule has 69 valence electrons. The van der Waals surface area contributed by atoms with Crippen molar-refractivity contribution in [1.82, 2.24) is 5.32 Å². The van der Waals surface area contributed by atoms with Gasteiger partial charge in [-0.2, -0.15) is 0 Å². The van der Waals surface area contributed by atoms with Gasteiger partial charge in [-0.15, -0.1) is 0 Å². The maximum Gasteiger partial charge on any atom is 0.423 e. The van der Waals surface area contributed by atoms with Gasteiger partial charge in [0.2, 0.25) is 0 Å². The highest BCUT2D eigenvalue weighted by atomic mass is 16.5. The topological polar surface area (TPSA) is 72.5 Å². The minimum Gasteiger partial charge on any atom is -0.417 e. The molecule has 1 aliphatic rings. The second-order valence-corrected chi connectivity index (χ2v) is 2.65. The molecule has 5 heteroatoms. The minimum atomic E-state index is -0.559. The summed E-state index contributed by atoms with van der Waals surface area (Å²) >= 11 is 0. The van der Waals surface area contributed by atoms with Crippen LogP contribution in [0.25, 0.3) is 0 Å². The number of carbonyl (C=O) groups excluding carboxylic acids is 3. The van der Waals surface area contributed by atoms with Gasteiger partial charge in [-0.05, 0) is 12.1 Å². The molecule has 5 nitrogen and oxygen atoms in total. The van der Waals surface area contributed by atoms with E-state index >= 15 is 0 Å². The molecule has 2 amide bonds. The van der Waals surface area contributed by atoms with E-state index in [1.807, 2.05) is 0 Å². The summed E-state index contributed by atoms with van der Waals surface area (Å²) in [6.45, 7) is 1.21. The smallest absolute Gasteiger partial charge is 0.417 e. The highest BCUT2D eigenvalue weighted by Crippen LogP contribution is 2.25. The first kappa shape index (κ1) is 8.43. The first-order valence-corrected chi connectivity index (χ1v) is 3.76. The lowest BCUT2D eigenvalue weighted by atomic mass is 10.1. The maximum atomic E-state index is 11.2. The Bertz CT molecular complexity index is 438. The van der Waals surface area contributed by atoms with E-state index in [1.165, 1.54) is 24.7 Å². The van der Waals surface area contributed by atoms with Crippen molar-refractivity contribution in [2.75, 3.05) is 0 Å². The number of amides is 2. The lowest BCUT2D eigenvalue weighted by molar-refractivity contribution is 0.0879. The Morgan fingerprint density at radius 2 is 2.00 bits per heavy atom. The van der Waals surface area contributed by atoms with Gasteiger partial charge in [0.25, 0.3) is 11.8 Å². The van der Waals surface area contributed by atoms with Crippen LogP contribution >= 0.6 is 0 Å². The van der Waals surface area contributed by atoms with Crippen LogP contribution in [0.15, 0.2) is 18.2 Å². The van der Waals surface area contributed by atoms with Gasteiger partial charge >= 0.3 is 6.47 Å². The molecule has 0 aliphatic carbocycles. The summed E-state index contributed by atoms with van der Waals surface area (Å²) in [5.41, 5.74) is 0.295.